The molecular formula is C27H27N5. The molecule has 3 heterocycles. The first-order chi connectivity index (χ1) is 15.7. The van der Waals surface area contributed by atoms with Gasteiger partial charge in [-0.25, -0.2) is 15.0 Å². The Hall–Kier alpha value is -3.73. The monoisotopic (exact) mass is 421 g/mol. The number of anilines is 1. The number of aryl methyl sites for hydroxylation is 1. The van der Waals surface area contributed by atoms with E-state index < -0.39 is 0 Å². The topological polar surface area (TPSA) is 69.6 Å². The van der Waals surface area contributed by atoms with Crippen molar-refractivity contribution in [2.45, 2.75) is 39.2 Å². The van der Waals surface area contributed by atoms with Crippen LogP contribution in [0.3, 0.4) is 0 Å². The summed E-state index contributed by atoms with van der Waals surface area (Å²) in [5, 5.41) is 2.01. The zero-order valence-corrected chi connectivity index (χ0v) is 18.3. The van der Waals surface area contributed by atoms with E-state index in [1.165, 1.54) is 25.6 Å². The van der Waals surface area contributed by atoms with E-state index in [0.717, 1.165) is 57.3 Å². The summed E-state index contributed by atoms with van der Waals surface area (Å²) in [4.78, 5) is 13.6. The van der Waals surface area contributed by atoms with E-state index in [0.29, 0.717) is 5.82 Å². The Labute approximate surface area is 188 Å². The molecule has 0 unspecified atom stereocenters. The van der Waals surface area contributed by atoms with E-state index in [1.54, 1.807) is 0 Å². The second-order valence-corrected chi connectivity index (χ2v) is 8.22. The Morgan fingerprint density at radius 2 is 1.69 bits per heavy atom. The fourth-order valence-electron chi connectivity index (χ4n) is 3.83. The minimum absolute atomic E-state index is 0.506. The van der Waals surface area contributed by atoms with Crippen LogP contribution in [0.2, 0.25) is 0 Å². The molecule has 5 aromatic rings. The SMILES string of the molecule is C1CC1.CCCn1cc(-c2ccc3ccc(-c4ccccc4)nc3c2)c2c(N)ncnc21. The maximum atomic E-state index is 6.24. The van der Waals surface area contributed by atoms with Crippen LogP contribution in [0.4, 0.5) is 5.82 Å². The molecule has 5 nitrogen and oxygen atoms in total. The molecule has 1 aliphatic carbocycles. The molecule has 2 N–H and O–H groups in total. The third-order valence-corrected chi connectivity index (χ3v) is 5.57. The zero-order chi connectivity index (χ0) is 21.9. The number of benzene rings is 2. The minimum atomic E-state index is 0.506. The molecule has 6 rings (SSSR count). The number of aromatic nitrogens is 4. The molecule has 1 aliphatic rings. The second-order valence-electron chi connectivity index (χ2n) is 8.22. The van der Waals surface area contributed by atoms with Crippen LogP contribution in [0.1, 0.15) is 32.6 Å². The number of nitrogens with zero attached hydrogens (tertiary/aromatic N) is 4. The summed E-state index contributed by atoms with van der Waals surface area (Å²) in [6.45, 7) is 3.04. The van der Waals surface area contributed by atoms with Crippen LogP contribution in [-0.4, -0.2) is 19.5 Å². The molecule has 0 atom stereocenters. The summed E-state index contributed by atoms with van der Waals surface area (Å²) in [7, 11) is 0. The molecule has 160 valence electrons. The highest BCUT2D eigenvalue weighted by atomic mass is 15.1. The zero-order valence-electron chi connectivity index (χ0n) is 18.3. The summed E-state index contributed by atoms with van der Waals surface area (Å²) in [6.07, 6.45) is 9.18. The number of hydrogen-bond acceptors (Lipinski definition) is 4. The van der Waals surface area contributed by atoms with E-state index in [9.17, 15) is 0 Å². The van der Waals surface area contributed by atoms with Gasteiger partial charge in [0.2, 0.25) is 0 Å². The van der Waals surface area contributed by atoms with Crippen LogP contribution in [0.15, 0.2) is 73.2 Å². The highest BCUT2D eigenvalue weighted by molar-refractivity contribution is 6.02. The van der Waals surface area contributed by atoms with Gasteiger partial charge >= 0.3 is 0 Å². The predicted octanol–water partition coefficient (Wildman–Crippen LogP) is 6.48. The van der Waals surface area contributed by atoms with Crippen molar-refractivity contribution in [3.8, 4) is 22.4 Å². The van der Waals surface area contributed by atoms with Crippen LogP contribution >= 0.6 is 0 Å². The molecular weight excluding hydrogens is 394 g/mol. The number of fused-ring (bicyclic) bond motifs is 2. The van der Waals surface area contributed by atoms with Gasteiger partial charge in [-0.1, -0.05) is 74.7 Å². The molecule has 0 aliphatic heterocycles. The quantitative estimate of drug-likeness (QED) is 0.361. The van der Waals surface area contributed by atoms with Gasteiger partial charge in [-0.15, -0.1) is 0 Å². The number of nitrogens with two attached hydrogens (primary N) is 1. The van der Waals surface area contributed by atoms with Crippen LogP contribution in [0.5, 0.6) is 0 Å². The first-order valence-corrected chi connectivity index (χ1v) is 11.3. The number of nitrogen functional groups attached to an aromatic ring is 1. The fourth-order valence-corrected chi connectivity index (χ4v) is 3.83. The van der Waals surface area contributed by atoms with E-state index >= 15 is 0 Å². The average Bonchev–Trinajstić information content (AvgIpc) is 3.68. The summed E-state index contributed by atoms with van der Waals surface area (Å²) in [5.74, 6) is 0.506. The van der Waals surface area contributed by atoms with Gasteiger partial charge in [0.05, 0.1) is 16.6 Å². The third-order valence-electron chi connectivity index (χ3n) is 5.57. The van der Waals surface area contributed by atoms with Crippen molar-refractivity contribution in [2.75, 3.05) is 5.73 Å². The predicted molar refractivity (Wildman–Crippen MR) is 132 cm³/mol. The van der Waals surface area contributed by atoms with Gasteiger partial charge in [-0.3, -0.25) is 0 Å². The normalized spacial score (nSPS) is 12.5. The van der Waals surface area contributed by atoms with Crippen molar-refractivity contribution in [3.63, 3.8) is 0 Å². The lowest BCUT2D eigenvalue weighted by molar-refractivity contribution is 0.697. The van der Waals surface area contributed by atoms with Gasteiger partial charge in [0.1, 0.15) is 17.8 Å². The minimum Gasteiger partial charge on any atom is -0.383 e. The summed E-state index contributed by atoms with van der Waals surface area (Å²) < 4.78 is 2.15. The number of rotatable bonds is 4. The molecule has 1 saturated carbocycles. The summed E-state index contributed by atoms with van der Waals surface area (Å²) >= 11 is 0. The Kier molecular flexibility index (Phi) is 5.55. The molecule has 0 amide bonds. The van der Waals surface area contributed by atoms with E-state index in [1.807, 2.05) is 18.2 Å². The Bertz CT molecular complexity index is 1370. The van der Waals surface area contributed by atoms with Crippen LogP contribution < -0.4 is 5.73 Å². The first-order valence-electron chi connectivity index (χ1n) is 11.3. The van der Waals surface area contributed by atoms with E-state index in [2.05, 4.69) is 70.1 Å². The smallest absolute Gasteiger partial charge is 0.146 e. The molecule has 32 heavy (non-hydrogen) atoms. The molecule has 2 aromatic carbocycles. The Balaban J connectivity index is 0.000000666. The summed E-state index contributed by atoms with van der Waals surface area (Å²) in [6, 6.07) is 20.8. The molecule has 0 spiro atoms. The third kappa shape index (κ3) is 4.06. The lowest BCUT2D eigenvalue weighted by atomic mass is 10.0. The van der Waals surface area contributed by atoms with Crippen molar-refractivity contribution in [3.05, 3.63) is 73.2 Å². The van der Waals surface area contributed by atoms with Crippen LogP contribution in [-0.2, 0) is 6.54 Å². The van der Waals surface area contributed by atoms with Crippen molar-refractivity contribution < 1.29 is 0 Å². The van der Waals surface area contributed by atoms with Crippen molar-refractivity contribution in [1.82, 2.24) is 19.5 Å². The van der Waals surface area contributed by atoms with Crippen LogP contribution in [0, 0.1) is 0 Å². The molecule has 0 radical (unpaired) electrons. The van der Waals surface area contributed by atoms with Crippen molar-refractivity contribution in [2.24, 2.45) is 0 Å². The highest BCUT2D eigenvalue weighted by Gasteiger charge is 2.15. The maximum absolute atomic E-state index is 6.24. The fraction of sp³-hybridized carbons (Fsp3) is 0.222. The van der Waals surface area contributed by atoms with Gasteiger partial charge in [0.25, 0.3) is 0 Å². The average molecular weight is 422 g/mol. The second kappa shape index (κ2) is 8.79. The molecule has 0 bridgehead atoms. The molecule has 3 aromatic heterocycles. The highest BCUT2D eigenvalue weighted by Crippen LogP contribution is 2.34. The number of hydrogen-bond donors (Lipinski definition) is 1. The van der Waals surface area contributed by atoms with E-state index in [-0.39, 0.29) is 0 Å². The van der Waals surface area contributed by atoms with Crippen molar-refractivity contribution >= 4 is 27.8 Å². The molecule has 1 fully saturated rings. The van der Waals surface area contributed by atoms with Gasteiger partial charge in [-0.05, 0) is 24.1 Å². The number of pyridine rings is 1. The molecule has 0 saturated heterocycles. The molecule has 5 heteroatoms. The Morgan fingerprint density at radius 1 is 0.906 bits per heavy atom. The maximum Gasteiger partial charge on any atom is 0.146 e. The lowest BCUT2D eigenvalue weighted by Crippen LogP contribution is -1.98. The summed E-state index contributed by atoms with van der Waals surface area (Å²) in [5.41, 5.74) is 12.2. The van der Waals surface area contributed by atoms with Gasteiger partial charge in [-0.2, -0.15) is 0 Å². The lowest BCUT2D eigenvalue weighted by Gasteiger charge is -2.06. The first kappa shape index (κ1) is 20.2. The van der Waals surface area contributed by atoms with Gasteiger partial charge in [0.15, 0.2) is 0 Å². The van der Waals surface area contributed by atoms with Gasteiger partial charge in [0, 0.05) is 29.3 Å². The van der Waals surface area contributed by atoms with Crippen molar-refractivity contribution in [1.29, 1.82) is 0 Å². The van der Waals surface area contributed by atoms with E-state index in [4.69, 9.17) is 10.7 Å². The largest absolute Gasteiger partial charge is 0.383 e. The van der Waals surface area contributed by atoms with Gasteiger partial charge < -0.3 is 10.3 Å². The standard InChI is InChI=1S/C24H21N5.C3H6/c1-2-12-29-14-19(22-23(25)26-15-27-24(22)29)18-9-8-17-10-11-20(28-21(17)13-18)16-6-4-3-5-7-16;1-2-3-1/h3-11,13-15H,2,12H2,1H3,(H2,25,26,27);1-3H2. The van der Waals surface area contributed by atoms with Crippen LogP contribution in [0.25, 0.3) is 44.3 Å². The Morgan fingerprint density at radius 3 is 2.44 bits per heavy atom.